The fourth-order valence-electron chi connectivity index (χ4n) is 5.21. The summed E-state index contributed by atoms with van der Waals surface area (Å²) in [6, 6.07) is 11.4. The van der Waals surface area contributed by atoms with Crippen LogP contribution in [0.2, 0.25) is 0 Å². The maximum absolute atomic E-state index is 15.8. The highest BCUT2D eigenvalue weighted by atomic mass is 19.2. The molecule has 0 bridgehead atoms. The largest absolute Gasteiger partial charge is 0.388 e. The molecule has 3 N–H and O–H groups in total. The van der Waals surface area contributed by atoms with Crippen molar-refractivity contribution in [1.82, 2.24) is 19.9 Å². The quantitative estimate of drug-likeness (QED) is 0.335. The number of carbonyl (C=O) groups excluding carboxylic acids is 1. The van der Waals surface area contributed by atoms with Crippen LogP contribution in [-0.4, -0.2) is 55.6 Å². The van der Waals surface area contributed by atoms with Crippen molar-refractivity contribution in [2.75, 3.05) is 13.1 Å². The molecule has 1 amide bonds. The molecule has 0 aliphatic carbocycles. The summed E-state index contributed by atoms with van der Waals surface area (Å²) >= 11 is 0. The minimum atomic E-state index is -1.19. The van der Waals surface area contributed by atoms with Gasteiger partial charge >= 0.3 is 0 Å². The predicted octanol–water partition coefficient (Wildman–Crippen LogP) is 4.78. The van der Waals surface area contributed by atoms with Crippen molar-refractivity contribution >= 4 is 16.9 Å². The lowest BCUT2D eigenvalue weighted by molar-refractivity contribution is 0.0124. The second-order valence-corrected chi connectivity index (χ2v) is 10.5. The van der Waals surface area contributed by atoms with Crippen LogP contribution in [0.15, 0.2) is 42.5 Å². The zero-order valence-corrected chi connectivity index (χ0v) is 22.7. The molecular formula is C30H29F3N6O2. The van der Waals surface area contributed by atoms with Gasteiger partial charge in [0, 0.05) is 30.3 Å². The standard InChI is InChI=1S/C30H29F3N6O2/c1-3-30(41,4-2)16-39-28-25(36-37-39)13-23(26(32)27(28)33)21-8-7-18(29(40)38-10-9-20(35)15-38)11-22(21)17-5-6-19(14-34)24(31)12-17/h5-8,11-13,20,41H,3-4,9-10,15-16,35H2,1-2H3. The molecule has 1 aliphatic heterocycles. The summed E-state index contributed by atoms with van der Waals surface area (Å²) in [6.07, 6.45) is 1.43. The van der Waals surface area contributed by atoms with Gasteiger partial charge in [-0.15, -0.1) is 5.10 Å². The summed E-state index contributed by atoms with van der Waals surface area (Å²) in [7, 11) is 0. The predicted molar refractivity (Wildman–Crippen MR) is 147 cm³/mol. The van der Waals surface area contributed by atoms with E-state index in [0.717, 1.165) is 10.7 Å². The highest BCUT2D eigenvalue weighted by Gasteiger charge is 2.29. The fraction of sp³-hybridized carbons (Fsp3) is 0.333. The summed E-state index contributed by atoms with van der Waals surface area (Å²) in [5.41, 5.74) is 5.33. The maximum atomic E-state index is 15.8. The molecule has 0 spiro atoms. The Morgan fingerprint density at radius 1 is 1.10 bits per heavy atom. The number of carbonyl (C=O) groups is 1. The maximum Gasteiger partial charge on any atom is 0.253 e. The van der Waals surface area contributed by atoms with Crippen LogP contribution in [0, 0.1) is 28.8 Å². The summed E-state index contributed by atoms with van der Waals surface area (Å²) in [4.78, 5) is 14.8. The van der Waals surface area contributed by atoms with Crippen LogP contribution in [0.25, 0.3) is 33.3 Å². The zero-order valence-electron chi connectivity index (χ0n) is 22.7. The lowest BCUT2D eigenvalue weighted by Gasteiger charge is -2.25. The van der Waals surface area contributed by atoms with Gasteiger partial charge in [-0.2, -0.15) is 5.26 Å². The van der Waals surface area contributed by atoms with Gasteiger partial charge in [0.15, 0.2) is 11.6 Å². The second-order valence-electron chi connectivity index (χ2n) is 10.5. The van der Waals surface area contributed by atoms with Crippen molar-refractivity contribution in [3.63, 3.8) is 0 Å². The van der Waals surface area contributed by atoms with E-state index >= 15 is 8.78 Å². The number of amides is 1. The number of hydrogen-bond acceptors (Lipinski definition) is 6. The smallest absolute Gasteiger partial charge is 0.253 e. The summed E-state index contributed by atoms with van der Waals surface area (Å²) < 4.78 is 47.3. The van der Waals surface area contributed by atoms with E-state index in [9.17, 15) is 19.6 Å². The van der Waals surface area contributed by atoms with Crippen molar-refractivity contribution in [3.8, 4) is 28.3 Å². The molecule has 212 valence electrons. The highest BCUT2D eigenvalue weighted by Crippen LogP contribution is 2.38. The number of halogens is 3. The third-order valence-electron chi connectivity index (χ3n) is 7.91. The van der Waals surface area contributed by atoms with Crippen LogP contribution in [0.4, 0.5) is 13.2 Å². The fourth-order valence-corrected chi connectivity index (χ4v) is 5.21. The van der Waals surface area contributed by atoms with Gasteiger partial charge in [-0.1, -0.05) is 31.2 Å². The third-order valence-corrected chi connectivity index (χ3v) is 7.91. The number of rotatable bonds is 7. The second kappa shape index (κ2) is 11.0. The van der Waals surface area contributed by atoms with Crippen LogP contribution in [0.3, 0.4) is 0 Å². The Labute approximate surface area is 234 Å². The molecule has 1 fully saturated rings. The summed E-state index contributed by atoms with van der Waals surface area (Å²) in [6.45, 7) is 4.38. The molecule has 0 radical (unpaired) electrons. The molecule has 1 saturated heterocycles. The number of aromatic nitrogens is 3. The number of benzene rings is 3. The molecule has 1 aromatic heterocycles. The van der Waals surface area contributed by atoms with Crippen molar-refractivity contribution < 1.29 is 23.1 Å². The molecule has 1 atom stereocenters. The average molecular weight is 563 g/mol. The Morgan fingerprint density at radius 3 is 2.49 bits per heavy atom. The van der Waals surface area contributed by atoms with E-state index in [-0.39, 0.29) is 62.9 Å². The topological polar surface area (TPSA) is 121 Å². The first-order chi connectivity index (χ1) is 19.6. The van der Waals surface area contributed by atoms with Gasteiger partial charge in [0.2, 0.25) is 0 Å². The lowest BCUT2D eigenvalue weighted by Crippen LogP contribution is -2.33. The highest BCUT2D eigenvalue weighted by molar-refractivity contribution is 5.98. The number of aliphatic hydroxyl groups is 1. The van der Waals surface area contributed by atoms with E-state index in [2.05, 4.69) is 10.3 Å². The molecule has 4 aromatic rings. The Bertz CT molecular complexity index is 1690. The van der Waals surface area contributed by atoms with Crippen LogP contribution < -0.4 is 5.73 Å². The monoisotopic (exact) mass is 562 g/mol. The van der Waals surface area contributed by atoms with Crippen molar-refractivity contribution in [3.05, 3.63) is 71.0 Å². The molecule has 0 saturated carbocycles. The van der Waals surface area contributed by atoms with Crippen molar-refractivity contribution in [2.45, 2.75) is 51.3 Å². The first-order valence-electron chi connectivity index (χ1n) is 13.4. The first kappa shape index (κ1) is 28.3. The van der Waals surface area contributed by atoms with Gasteiger partial charge in [0.25, 0.3) is 5.91 Å². The van der Waals surface area contributed by atoms with Gasteiger partial charge in [-0.05, 0) is 66.3 Å². The molecule has 5 rings (SSSR count). The molecule has 1 unspecified atom stereocenters. The molecule has 2 heterocycles. The van der Waals surface area contributed by atoms with E-state index in [1.807, 2.05) is 0 Å². The Kier molecular flexibility index (Phi) is 7.55. The van der Waals surface area contributed by atoms with Crippen LogP contribution in [-0.2, 0) is 6.54 Å². The Balaban J connectivity index is 1.67. The minimum absolute atomic E-state index is 0.0663. The van der Waals surface area contributed by atoms with Gasteiger partial charge < -0.3 is 15.7 Å². The normalized spacial score (nSPS) is 15.5. The van der Waals surface area contributed by atoms with Gasteiger partial charge in [-0.25, -0.2) is 17.9 Å². The molecule has 8 nitrogen and oxygen atoms in total. The first-order valence-corrected chi connectivity index (χ1v) is 13.4. The molecule has 3 aromatic carbocycles. The van der Waals surface area contributed by atoms with Crippen LogP contribution >= 0.6 is 0 Å². The Hall–Kier alpha value is -4.27. The third kappa shape index (κ3) is 5.16. The average Bonchev–Trinajstić information content (AvgIpc) is 3.60. The van der Waals surface area contributed by atoms with E-state index < -0.39 is 23.1 Å². The van der Waals surface area contributed by atoms with Crippen molar-refractivity contribution in [2.24, 2.45) is 5.73 Å². The summed E-state index contributed by atoms with van der Waals surface area (Å²) in [5.74, 6) is -3.45. The number of nitriles is 1. The summed E-state index contributed by atoms with van der Waals surface area (Å²) in [5, 5.41) is 27.9. The number of fused-ring (bicyclic) bond motifs is 1. The number of nitrogens with zero attached hydrogens (tertiary/aromatic N) is 5. The molecular weight excluding hydrogens is 533 g/mol. The Morgan fingerprint density at radius 2 is 1.85 bits per heavy atom. The zero-order chi connectivity index (χ0) is 29.5. The van der Waals surface area contributed by atoms with E-state index in [0.29, 0.717) is 32.4 Å². The minimum Gasteiger partial charge on any atom is -0.388 e. The van der Waals surface area contributed by atoms with Crippen LogP contribution in [0.5, 0.6) is 0 Å². The van der Waals surface area contributed by atoms with E-state index in [4.69, 9.17) is 5.73 Å². The molecule has 1 aliphatic rings. The van der Waals surface area contributed by atoms with Gasteiger partial charge in [0.05, 0.1) is 17.7 Å². The lowest BCUT2D eigenvalue weighted by atomic mass is 9.91. The number of likely N-dealkylation sites (tertiary alicyclic amines) is 1. The van der Waals surface area contributed by atoms with E-state index in [1.165, 1.54) is 36.4 Å². The SMILES string of the molecule is CCC(O)(CC)Cn1nnc2cc(-c3ccc(C(=O)N4CCC(N)C4)cc3-c3ccc(C#N)c(F)c3)c(F)c(F)c21. The molecule has 41 heavy (non-hydrogen) atoms. The van der Waals surface area contributed by atoms with Crippen molar-refractivity contribution in [1.29, 1.82) is 5.26 Å². The molecule has 11 heteroatoms. The van der Waals surface area contributed by atoms with Crippen LogP contribution in [0.1, 0.15) is 49.0 Å². The number of hydrogen-bond donors (Lipinski definition) is 2. The van der Waals surface area contributed by atoms with Gasteiger partial charge in [0.1, 0.15) is 22.9 Å². The number of nitrogens with two attached hydrogens (primary N) is 1. The van der Waals surface area contributed by atoms with E-state index in [1.54, 1.807) is 24.8 Å². The van der Waals surface area contributed by atoms with Gasteiger partial charge in [-0.3, -0.25) is 4.79 Å².